The lowest BCUT2D eigenvalue weighted by atomic mass is 9.32. The molecular formula is C45H74O15. The predicted molar refractivity (Wildman–Crippen MR) is 214 cm³/mol. The van der Waals surface area contributed by atoms with Crippen LogP contribution in [0.2, 0.25) is 0 Å². The van der Waals surface area contributed by atoms with Crippen molar-refractivity contribution in [3.05, 3.63) is 0 Å². The van der Waals surface area contributed by atoms with Crippen LogP contribution in [0.1, 0.15) is 128 Å². The molecule has 60 heavy (non-hydrogen) atoms. The highest BCUT2D eigenvalue weighted by molar-refractivity contribution is 5.67. The van der Waals surface area contributed by atoms with E-state index < -0.39 is 101 Å². The van der Waals surface area contributed by atoms with E-state index in [1.807, 2.05) is 0 Å². The fourth-order valence-electron chi connectivity index (χ4n) is 14.8. The minimum Gasteiger partial charge on any atom is -0.457 e. The fourth-order valence-corrected chi connectivity index (χ4v) is 14.8. The molecule has 7 rings (SSSR count). The quantitative estimate of drug-likeness (QED) is 0.153. The molecule has 15 heteroatoms. The van der Waals surface area contributed by atoms with Gasteiger partial charge in [-0.2, -0.15) is 0 Å². The SMILES string of the molecule is CC(=O)OC1COC(OC2CCC3(C)C(C(OC4OCC(O)C(O)C4O)CC4C5(C)CC(O)C(C6(C)CCC(C(C)(C)O)O6)C5(C)CCC43C)C2(C)C)C(OC(C)=O)C1O. The molecule has 7 fully saturated rings. The van der Waals surface area contributed by atoms with Gasteiger partial charge in [-0.15, -0.1) is 0 Å². The van der Waals surface area contributed by atoms with Crippen LogP contribution in [0, 0.1) is 44.8 Å². The number of hydrogen-bond acceptors (Lipinski definition) is 15. The lowest BCUT2D eigenvalue weighted by Gasteiger charge is -2.73. The smallest absolute Gasteiger partial charge is 0.303 e. The van der Waals surface area contributed by atoms with Crippen LogP contribution in [0.25, 0.3) is 0 Å². The van der Waals surface area contributed by atoms with Crippen LogP contribution >= 0.6 is 0 Å². The number of carbonyl (C=O) groups is 2. The second-order valence-electron chi connectivity index (χ2n) is 22.1. The van der Waals surface area contributed by atoms with E-state index in [0.717, 1.165) is 19.3 Å². The maximum absolute atomic E-state index is 12.3. The third-order valence-corrected chi connectivity index (χ3v) is 18.0. The Morgan fingerprint density at radius 1 is 0.650 bits per heavy atom. The summed E-state index contributed by atoms with van der Waals surface area (Å²) in [5, 5.41) is 67.0. The van der Waals surface area contributed by atoms with Crippen LogP contribution in [-0.4, -0.2) is 141 Å². The van der Waals surface area contributed by atoms with Crippen LogP contribution in [0.3, 0.4) is 0 Å². The Hall–Kier alpha value is -1.50. The van der Waals surface area contributed by atoms with Gasteiger partial charge in [0.2, 0.25) is 0 Å². The van der Waals surface area contributed by atoms with Gasteiger partial charge in [-0.05, 0) is 111 Å². The second-order valence-corrected chi connectivity index (χ2v) is 22.1. The number of aliphatic hydroxyl groups is 6. The number of ether oxygens (including phenoxy) is 7. The number of carbonyl (C=O) groups excluding carboxylic acids is 2. The largest absolute Gasteiger partial charge is 0.457 e. The molecule has 7 aliphatic rings. The molecule has 4 saturated carbocycles. The van der Waals surface area contributed by atoms with Gasteiger partial charge in [-0.3, -0.25) is 9.59 Å². The second kappa shape index (κ2) is 15.6. The Labute approximate surface area is 355 Å². The summed E-state index contributed by atoms with van der Waals surface area (Å²) in [6, 6.07) is 0. The number of fused-ring (bicyclic) bond motifs is 5. The Kier molecular flexibility index (Phi) is 12.1. The molecule has 3 heterocycles. The first kappa shape index (κ1) is 46.5. The summed E-state index contributed by atoms with van der Waals surface area (Å²) in [7, 11) is 0. The van der Waals surface area contributed by atoms with Crippen LogP contribution in [0.4, 0.5) is 0 Å². The predicted octanol–water partition coefficient (Wildman–Crippen LogP) is 3.14. The molecular weight excluding hydrogens is 780 g/mol. The normalized spacial score (nSPS) is 52.8. The van der Waals surface area contributed by atoms with Gasteiger partial charge in [0.05, 0.1) is 48.8 Å². The molecule has 344 valence electrons. The lowest BCUT2D eigenvalue weighted by molar-refractivity contribution is -0.347. The molecule has 15 nitrogen and oxygen atoms in total. The molecule has 4 aliphatic carbocycles. The minimum atomic E-state index is -1.51. The Morgan fingerprint density at radius 2 is 1.27 bits per heavy atom. The molecule has 0 bridgehead atoms. The first-order valence-electron chi connectivity index (χ1n) is 22.3. The lowest BCUT2D eigenvalue weighted by Crippen LogP contribution is -2.71. The molecule has 0 aromatic rings. The van der Waals surface area contributed by atoms with E-state index in [2.05, 4.69) is 48.5 Å². The molecule has 0 amide bonds. The third kappa shape index (κ3) is 7.20. The zero-order valence-electron chi connectivity index (χ0n) is 37.6. The van der Waals surface area contributed by atoms with Crippen molar-refractivity contribution in [3.63, 3.8) is 0 Å². The van der Waals surface area contributed by atoms with Crippen LogP contribution < -0.4 is 0 Å². The number of esters is 2. The summed E-state index contributed by atoms with van der Waals surface area (Å²) in [6.07, 6.45) is -6.87. The van der Waals surface area contributed by atoms with Crippen LogP contribution in [-0.2, 0) is 42.7 Å². The zero-order valence-corrected chi connectivity index (χ0v) is 37.6. The van der Waals surface area contributed by atoms with Gasteiger partial charge in [0, 0.05) is 19.8 Å². The van der Waals surface area contributed by atoms with Gasteiger partial charge in [0.15, 0.2) is 24.8 Å². The number of hydrogen-bond donors (Lipinski definition) is 6. The van der Waals surface area contributed by atoms with Crippen molar-refractivity contribution >= 4 is 11.9 Å². The summed E-state index contributed by atoms with van der Waals surface area (Å²) >= 11 is 0. The molecule has 0 spiro atoms. The van der Waals surface area contributed by atoms with E-state index in [-0.39, 0.29) is 53.3 Å². The van der Waals surface area contributed by atoms with Crippen molar-refractivity contribution in [3.8, 4) is 0 Å². The van der Waals surface area contributed by atoms with Crippen molar-refractivity contribution in [1.82, 2.24) is 0 Å². The standard InChI is InChI=1S/C45H74O15/c1-22(46)56-27-21-55-38(34(32(27)51)57-23(2)47)59-29-12-14-42(8)36(39(29,3)4)26(58-37-33(52)31(50)25(49)20-54-37)18-28-41(42,7)16-17-43(9)35(24(48)19-44(28,43)10)45(11)15-13-30(60-45)40(5,6)53/h24-38,48-53H,12-21H2,1-11H3. The summed E-state index contributed by atoms with van der Waals surface area (Å²) in [5.41, 5.74) is -3.76. The van der Waals surface area contributed by atoms with E-state index in [4.69, 9.17) is 33.2 Å². The topological polar surface area (TPSA) is 220 Å². The van der Waals surface area contributed by atoms with Gasteiger partial charge in [0.1, 0.15) is 24.4 Å². The molecule has 0 radical (unpaired) electrons. The Bertz CT molecular complexity index is 1620. The van der Waals surface area contributed by atoms with E-state index in [9.17, 15) is 40.2 Å². The highest BCUT2D eigenvalue weighted by Gasteiger charge is 2.77. The molecule has 20 atom stereocenters. The Morgan fingerprint density at radius 3 is 1.88 bits per heavy atom. The first-order chi connectivity index (χ1) is 27.6. The van der Waals surface area contributed by atoms with E-state index in [1.165, 1.54) is 13.8 Å². The highest BCUT2D eigenvalue weighted by atomic mass is 16.7. The molecule has 3 saturated heterocycles. The van der Waals surface area contributed by atoms with Gasteiger partial charge >= 0.3 is 11.9 Å². The molecule has 20 unspecified atom stereocenters. The maximum atomic E-state index is 12.3. The third-order valence-electron chi connectivity index (χ3n) is 18.0. The van der Waals surface area contributed by atoms with Crippen molar-refractivity contribution in [1.29, 1.82) is 0 Å². The molecule has 0 aromatic heterocycles. The van der Waals surface area contributed by atoms with Gasteiger partial charge < -0.3 is 63.8 Å². The zero-order chi connectivity index (χ0) is 44.3. The average molecular weight is 855 g/mol. The minimum absolute atomic E-state index is 0.0256. The average Bonchev–Trinajstić information content (AvgIpc) is 3.64. The van der Waals surface area contributed by atoms with Gasteiger partial charge in [0.25, 0.3) is 0 Å². The Balaban J connectivity index is 1.25. The maximum Gasteiger partial charge on any atom is 0.303 e. The number of rotatable bonds is 8. The van der Waals surface area contributed by atoms with Crippen molar-refractivity contribution in [2.24, 2.45) is 44.8 Å². The van der Waals surface area contributed by atoms with Gasteiger partial charge in [-0.1, -0.05) is 41.5 Å². The van der Waals surface area contributed by atoms with E-state index in [0.29, 0.717) is 32.1 Å². The monoisotopic (exact) mass is 855 g/mol. The molecule has 6 N–H and O–H groups in total. The first-order valence-corrected chi connectivity index (χ1v) is 22.3. The number of aliphatic hydroxyl groups excluding tert-OH is 5. The van der Waals surface area contributed by atoms with Crippen molar-refractivity contribution in [2.45, 2.75) is 212 Å². The van der Waals surface area contributed by atoms with Crippen LogP contribution in [0.5, 0.6) is 0 Å². The molecule has 0 aromatic carbocycles. The summed E-state index contributed by atoms with van der Waals surface area (Å²) in [6.45, 7) is 21.4. The highest BCUT2D eigenvalue weighted by Crippen LogP contribution is 2.79. The van der Waals surface area contributed by atoms with E-state index in [1.54, 1.807) is 13.8 Å². The summed E-state index contributed by atoms with van der Waals surface area (Å²) in [5.74, 6) is -1.67. The van der Waals surface area contributed by atoms with Gasteiger partial charge in [-0.25, -0.2) is 0 Å². The van der Waals surface area contributed by atoms with Crippen LogP contribution in [0.15, 0.2) is 0 Å². The van der Waals surface area contributed by atoms with E-state index >= 15 is 0 Å². The summed E-state index contributed by atoms with van der Waals surface area (Å²) in [4.78, 5) is 24.1. The fraction of sp³-hybridized carbons (Fsp3) is 0.956. The summed E-state index contributed by atoms with van der Waals surface area (Å²) < 4.78 is 43.4. The van der Waals surface area contributed by atoms with Crippen molar-refractivity contribution < 1.29 is 73.4 Å². The van der Waals surface area contributed by atoms with Crippen molar-refractivity contribution in [2.75, 3.05) is 13.2 Å². The molecule has 3 aliphatic heterocycles.